The molecular formula is C45H57N5O7. The van der Waals surface area contributed by atoms with Crippen LogP contribution in [0.1, 0.15) is 64.2 Å². The minimum Gasteiger partial charge on any atom is -0.453 e. The van der Waals surface area contributed by atoms with Crippen LogP contribution < -0.4 is 16.4 Å². The number of nitrogens with one attached hydrogen (secondary N) is 2. The zero-order valence-corrected chi connectivity index (χ0v) is 33.8. The Morgan fingerprint density at radius 1 is 0.789 bits per heavy atom. The van der Waals surface area contributed by atoms with Crippen molar-refractivity contribution in [3.8, 4) is 11.3 Å². The number of nitrogens with zero attached hydrogens (tertiary/aromatic N) is 2. The monoisotopic (exact) mass is 779 g/mol. The first-order valence-corrected chi connectivity index (χ1v) is 19.3. The Balaban J connectivity index is 1.75. The van der Waals surface area contributed by atoms with Crippen molar-refractivity contribution in [1.82, 2.24) is 20.5 Å². The Hall–Kier alpha value is -5.75. The zero-order valence-electron chi connectivity index (χ0n) is 33.8. The molecule has 1 heterocycles. The van der Waals surface area contributed by atoms with Crippen molar-refractivity contribution in [1.29, 1.82) is 0 Å². The van der Waals surface area contributed by atoms with E-state index in [1.807, 2.05) is 138 Å². The zero-order chi connectivity index (χ0) is 41.5. The van der Waals surface area contributed by atoms with Crippen LogP contribution in [0, 0.1) is 11.3 Å². The van der Waals surface area contributed by atoms with E-state index in [-0.39, 0.29) is 38.2 Å². The third kappa shape index (κ3) is 13.5. The average molecular weight is 780 g/mol. The molecule has 0 radical (unpaired) electrons. The Morgan fingerprint density at radius 3 is 1.93 bits per heavy atom. The normalized spacial score (nSPS) is 14.0. The molecule has 0 saturated carbocycles. The number of hydrogen-bond donors (Lipinski definition) is 4. The highest BCUT2D eigenvalue weighted by atomic mass is 16.6. The molecule has 1 aromatic heterocycles. The number of carbonyl (C=O) groups is 4. The van der Waals surface area contributed by atoms with Gasteiger partial charge in [-0.3, -0.25) is 19.5 Å². The summed E-state index contributed by atoms with van der Waals surface area (Å²) in [5, 5.41) is 18.2. The number of ether oxygens (including phenoxy) is 2. The maximum Gasteiger partial charge on any atom is 0.411 e. The van der Waals surface area contributed by atoms with Gasteiger partial charge in [-0.2, -0.15) is 0 Å². The summed E-state index contributed by atoms with van der Waals surface area (Å²) in [4.78, 5) is 59.7. The summed E-state index contributed by atoms with van der Waals surface area (Å²) in [6.45, 7) is 9.24. The van der Waals surface area contributed by atoms with Crippen LogP contribution in [0.15, 0.2) is 109 Å². The summed E-state index contributed by atoms with van der Waals surface area (Å²) in [5.41, 5.74) is 9.44. The van der Waals surface area contributed by atoms with Gasteiger partial charge in [0.2, 0.25) is 11.8 Å². The molecule has 5 atom stereocenters. The topological polar surface area (TPSA) is 173 Å². The van der Waals surface area contributed by atoms with E-state index in [9.17, 15) is 24.3 Å². The van der Waals surface area contributed by atoms with Gasteiger partial charge in [-0.1, -0.05) is 126 Å². The number of aromatic nitrogens is 1. The molecule has 12 nitrogen and oxygen atoms in total. The second kappa shape index (κ2) is 21.0. The molecule has 12 heteroatoms. The van der Waals surface area contributed by atoms with Crippen molar-refractivity contribution >= 4 is 24.0 Å². The fourth-order valence-electron chi connectivity index (χ4n) is 6.78. The van der Waals surface area contributed by atoms with Crippen LogP contribution in [-0.2, 0) is 38.5 Å². The smallest absolute Gasteiger partial charge is 0.411 e. The number of methoxy groups -OCH3 is 1. The highest BCUT2D eigenvalue weighted by Crippen LogP contribution is 2.26. The highest BCUT2D eigenvalue weighted by Gasteiger charge is 2.41. The first kappa shape index (κ1) is 44.0. The van der Waals surface area contributed by atoms with Gasteiger partial charge in [-0.15, -0.1) is 0 Å². The van der Waals surface area contributed by atoms with Crippen molar-refractivity contribution in [3.05, 3.63) is 126 Å². The van der Waals surface area contributed by atoms with Crippen molar-refractivity contribution in [2.45, 2.75) is 97.2 Å². The van der Waals surface area contributed by atoms with Crippen LogP contribution in [0.5, 0.6) is 0 Å². The number of benzene rings is 3. The minimum absolute atomic E-state index is 0.0424. The van der Waals surface area contributed by atoms with E-state index in [0.717, 1.165) is 27.9 Å². The number of aliphatic hydroxyl groups is 1. The summed E-state index contributed by atoms with van der Waals surface area (Å²) in [5.74, 6) is -1.26. The Kier molecular flexibility index (Phi) is 16.2. The number of primary amides is 1. The number of nitrogens with two attached hydrogens (primary N) is 1. The van der Waals surface area contributed by atoms with E-state index in [1.54, 1.807) is 6.20 Å². The van der Waals surface area contributed by atoms with E-state index >= 15 is 0 Å². The Morgan fingerprint density at radius 2 is 1.39 bits per heavy atom. The van der Waals surface area contributed by atoms with Gasteiger partial charge in [-0.05, 0) is 65.8 Å². The Bertz CT molecular complexity index is 1870. The third-order valence-electron chi connectivity index (χ3n) is 9.71. The molecule has 0 saturated heterocycles. The molecule has 0 unspecified atom stereocenters. The van der Waals surface area contributed by atoms with Crippen molar-refractivity contribution in [2.75, 3.05) is 7.11 Å². The summed E-state index contributed by atoms with van der Waals surface area (Å²) in [6, 6.07) is 28.1. The number of aliphatic hydroxyl groups excluding tert-OH is 1. The van der Waals surface area contributed by atoms with E-state index < -0.39 is 59.7 Å². The van der Waals surface area contributed by atoms with Gasteiger partial charge in [0.15, 0.2) is 0 Å². The second-order valence-corrected chi connectivity index (χ2v) is 15.8. The summed E-state index contributed by atoms with van der Waals surface area (Å²) in [7, 11) is 1.23. The number of carbonyl (C=O) groups excluding carboxylic acids is 4. The van der Waals surface area contributed by atoms with Crippen LogP contribution >= 0.6 is 0 Å². The number of alkyl carbamates (subject to hydrolysis) is 1. The lowest BCUT2D eigenvalue weighted by atomic mass is 9.85. The second-order valence-electron chi connectivity index (χ2n) is 15.8. The van der Waals surface area contributed by atoms with Gasteiger partial charge in [-0.25, -0.2) is 9.59 Å². The average Bonchev–Trinajstić information content (AvgIpc) is 3.19. The maximum atomic E-state index is 14.3. The molecular weight excluding hydrogens is 723 g/mol. The van der Waals surface area contributed by atoms with E-state index in [2.05, 4.69) is 15.6 Å². The van der Waals surface area contributed by atoms with Gasteiger partial charge in [0.25, 0.3) is 0 Å². The van der Waals surface area contributed by atoms with Gasteiger partial charge < -0.3 is 30.9 Å². The highest BCUT2D eigenvalue weighted by molar-refractivity contribution is 5.87. The lowest BCUT2D eigenvalue weighted by Gasteiger charge is -2.40. The Labute approximate surface area is 336 Å². The molecule has 0 aliphatic rings. The molecule has 0 aliphatic carbocycles. The molecule has 3 aromatic carbocycles. The van der Waals surface area contributed by atoms with Gasteiger partial charge in [0, 0.05) is 17.8 Å². The summed E-state index contributed by atoms with van der Waals surface area (Å²) < 4.78 is 10.7. The molecule has 0 spiro atoms. The first-order valence-electron chi connectivity index (χ1n) is 19.3. The van der Waals surface area contributed by atoms with Crippen molar-refractivity contribution in [3.63, 3.8) is 0 Å². The summed E-state index contributed by atoms with van der Waals surface area (Å²) in [6.07, 6.45) is -0.533. The lowest BCUT2D eigenvalue weighted by Crippen LogP contribution is -2.59. The minimum atomic E-state index is -1.30. The predicted octanol–water partition coefficient (Wildman–Crippen LogP) is 6.45. The number of pyridine rings is 1. The van der Waals surface area contributed by atoms with Crippen LogP contribution in [0.2, 0.25) is 0 Å². The molecule has 5 N–H and O–H groups in total. The SMILES string of the molecule is COC(=O)N[C@H](C(=O)N[C@@H](Cc1ccc(-c2ccccn2)cc1)C[C@H](O)[C@H](Cc1ccccc1)N(C(=O)OCc1ccccc1)[C@@H](CC(C)C)C(N)=O)C(C)(C)C. The van der Waals surface area contributed by atoms with E-state index in [1.165, 1.54) is 12.0 Å². The molecule has 0 aliphatic heterocycles. The van der Waals surface area contributed by atoms with Crippen LogP contribution in [-0.4, -0.2) is 76.4 Å². The molecule has 4 rings (SSSR count). The quantitative estimate of drug-likeness (QED) is 0.0893. The number of rotatable bonds is 18. The first-order chi connectivity index (χ1) is 27.2. The van der Waals surface area contributed by atoms with Crippen LogP contribution in [0.3, 0.4) is 0 Å². The number of hydrogen-bond acceptors (Lipinski definition) is 8. The lowest BCUT2D eigenvalue weighted by molar-refractivity contribution is -0.126. The van der Waals surface area contributed by atoms with E-state index in [4.69, 9.17) is 15.2 Å². The molecule has 304 valence electrons. The third-order valence-corrected chi connectivity index (χ3v) is 9.71. The number of amides is 4. The molecule has 4 aromatic rings. The van der Waals surface area contributed by atoms with Gasteiger partial charge in [0.05, 0.1) is 24.9 Å². The molecule has 57 heavy (non-hydrogen) atoms. The predicted molar refractivity (Wildman–Crippen MR) is 220 cm³/mol. The van der Waals surface area contributed by atoms with Crippen LogP contribution in [0.4, 0.5) is 9.59 Å². The molecule has 4 amide bonds. The standard InChI is InChI=1S/C45H57N5O7/c1-30(2)25-38(41(46)52)50(44(55)57-29-33-17-11-8-12-18-33)37(27-31-15-9-7-10-16-31)39(51)28-35(48-42(53)40(45(3,4)5)49-43(54)56-6)26-32-20-22-34(23-21-32)36-19-13-14-24-47-36/h7-24,30,35,37-40,51H,25-29H2,1-6H3,(H2,46,52)(H,48,53)(H,49,54)/t35-,37-,38-,39-,40+/m0/s1. The van der Waals surface area contributed by atoms with Gasteiger partial charge >= 0.3 is 12.2 Å². The summed E-state index contributed by atoms with van der Waals surface area (Å²) >= 11 is 0. The maximum absolute atomic E-state index is 14.3. The molecule has 0 bridgehead atoms. The van der Waals surface area contributed by atoms with Gasteiger partial charge in [0.1, 0.15) is 18.7 Å². The largest absolute Gasteiger partial charge is 0.453 e. The van der Waals surface area contributed by atoms with Crippen molar-refractivity contribution in [2.24, 2.45) is 17.1 Å². The van der Waals surface area contributed by atoms with Crippen LogP contribution in [0.25, 0.3) is 11.3 Å². The van der Waals surface area contributed by atoms with E-state index in [0.29, 0.717) is 0 Å². The molecule has 0 fully saturated rings. The van der Waals surface area contributed by atoms with Crippen molar-refractivity contribution < 1.29 is 33.8 Å². The fraction of sp³-hybridized carbons (Fsp3) is 0.400. The fourth-order valence-corrected chi connectivity index (χ4v) is 6.78.